The zero-order valence-electron chi connectivity index (χ0n) is 17.1. The monoisotopic (exact) mass is 374 g/mol. The maximum absolute atomic E-state index is 13.2. The Bertz CT molecular complexity index is 654. The normalized spacial score (nSPS) is 23.7. The second kappa shape index (κ2) is 8.89. The summed E-state index contributed by atoms with van der Waals surface area (Å²) >= 11 is 0. The molecule has 2 unspecified atom stereocenters. The highest BCUT2D eigenvalue weighted by molar-refractivity contribution is 5.92. The van der Waals surface area contributed by atoms with Crippen molar-refractivity contribution in [1.82, 2.24) is 19.4 Å². The minimum Gasteiger partial charge on any atom is -0.342 e. The van der Waals surface area contributed by atoms with Crippen molar-refractivity contribution in [3.8, 4) is 0 Å². The highest BCUT2D eigenvalue weighted by Gasteiger charge is 2.37. The Morgan fingerprint density at radius 3 is 2.70 bits per heavy atom. The van der Waals surface area contributed by atoms with Crippen molar-refractivity contribution in [1.29, 1.82) is 0 Å². The van der Waals surface area contributed by atoms with E-state index in [0.717, 1.165) is 58.2 Å². The number of amides is 2. The van der Waals surface area contributed by atoms with E-state index in [0.29, 0.717) is 24.1 Å². The van der Waals surface area contributed by atoms with Crippen LogP contribution < -0.4 is 0 Å². The van der Waals surface area contributed by atoms with Crippen LogP contribution in [0.5, 0.6) is 0 Å². The highest BCUT2D eigenvalue weighted by Crippen LogP contribution is 2.31. The van der Waals surface area contributed by atoms with Gasteiger partial charge < -0.3 is 14.4 Å². The molecule has 0 aliphatic carbocycles. The summed E-state index contributed by atoms with van der Waals surface area (Å²) in [6.07, 6.45) is 10.5. The summed E-state index contributed by atoms with van der Waals surface area (Å²) < 4.78 is 1.98. The molecule has 0 N–H and O–H groups in total. The van der Waals surface area contributed by atoms with Crippen LogP contribution in [-0.4, -0.2) is 56.8 Å². The molecule has 1 aromatic rings. The van der Waals surface area contributed by atoms with Crippen molar-refractivity contribution < 1.29 is 9.59 Å². The van der Waals surface area contributed by atoms with Gasteiger partial charge in [-0.15, -0.1) is 0 Å². The minimum atomic E-state index is 0.0520. The van der Waals surface area contributed by atoms with Gasteiger partial charge in [-0.25, -0.2) is 4.98 Å². The van der Waals surface area contributed by atoms with Gasteiger partial charge in [-0.05, 0) is 58.3 Å². The predicted octanol–water partition coefficient (Wildman–Crippen LogP) is 3.50. The van der Waals surface area contributed by atoms with Crippen LogP contribution in [0.1, 0.15) is 82.2 Å². The van der Waals surface area contributed by atoms with Gasteiger partial charge in [0.1, 0.15) is 5.69 Å². The van der Waals surface area contributed by atoms with E-state index in [1.165, 1.54) is 0 Å². The molecule has 0 saturated carbocycles. The molecule has 2 fully saturated rings. The highest BCUT2D eigenvalue weighted by atomic mass is 16.2. The molecule has 6 nitrogen and oxygen atoms in total. The fraction of sp³-hybridized carbons (Fsp3) is 0.762. The third kappa shape index (κ3) is 4.53. The third-order valence-electron chi connectivity index (χ3n) is 6.05. The first kappa shape index (κ1) is 19.9. The summed E-state index contributed by atoms with van der Waals surface area (Å²) in [4.78, 5) is 34.0. The van der Waals surface area contributed by atoms with Crippen molar-refractivity contribution >= 4 is 11.8 Å². The molecule has 150 valence electrons. The SMILES string of the molecule is CCCC(=O)N1CCCC(C2CCCCN2C(=O)c2cn(C(C)C)cn2)C1. The molecular formula is C21H34N4O2. The van der Waals surface area contributed by atoms with E-state index in [9.17, 15) is 9.59 Å². The summed E-state index contributed by atoms with van der Waals surface area (Å²) in [6, 6.07) is 0.528. The Kier molecular flexibility index (Phi) is 6.55. The number of rotatable bonds is 5. The molecule has 2 aliphatic rings. The second-order valence-corrected chi connectivity index (χ2v) is 8.35. The Hall–Kier alpha value is -1.85. The van der Waals surface area contributed by atoms with Crippen LogP contribution in [0.4, 0.5) is 0 Å². The molecule has 6 heteroatoms. The Morgan fingerprint density at radius 2 is 2.00 bits per heavy atom. The average molecular weight is 375 g/mol. The van der Waals surface area contributed by atoms with E-state index in [-0.39, 0.29) is 17.9 Å². The van der Waals surface area contributed by atoms with Gasteiger partial charge in [-0.2, -0.15) is 0 Å². The smallest absolute Gasteiger partial charge is 0.274 e. The van der Waals surface area contributed by atoms with Gasteiger partial charge in [0.15, 0.2) is 0 Å². The summed E-state index contributed by atoms with van der Waals surface area (Å²) in [7, 11) is 0. The lowest BCUT2D eigenvalue weighted by Crippen LogP contribution is -2.52. The van der Waals surface area contributed by atoms with Gasteiger partial charge >= 0.3 is 0 Å². The Morgan fingerprint density at radius 1 is 1.19 bits per heavy atom. The van der Waals surface area contributed by atoms with E-state index in [1.54, 1.807) is 6.33 Å². The van der Waals surface area contributed by atoms with Crippen LogP contribution in [0.2, 0.25) is 0 Å². The molecular weight excluding hydrogens is 340 g/mol. The van der Waals surface area contributed by atoms with E-state index >= 15 is 0 Å². The van der Waals surface area contributed by atoms with Gasteiger partial charge in [-0.1, -0.05) is 6.92 Å². The van der Waals surface area contributed by atoms with Crippen LogP contribution in [0.25, 0.3) is 0 Å². The molecule has 2 amide bonds. The van der Waals surface area contributed by atoms with Crippen molar-refractivity contribution in [3.63, 3.8) is 0 Å². The summed E-state index contributed by atoms with van der Waals surface area (Å²) in [5.74, 6) is 0.707. The fourth-order valence-corrected chi connectivity index (χ4v) is 4.50. The number of piperidine rings is 2. The second-order valence-electron chi connectivity index (χ2n) is 8.35. The molecule has 0 spiro atoms. The largest absolute Gasteiger partial charge is 0.342 e. The number of aromatic nitrogens is 2. The molecule has 3 heterocycles. The number of likely N-dealkylation sites (tertiary alicyclic amines) is 2. The quantitative estimate of drug-likeness (QED) is 0.793. The molecule has 0 bridgehead atoms. The summed E-state index contributed by atoms with van der Waals surface area (Å²) in [6.45, 7) is 8.70. The van der Waals surface area contributed by atoms with Crippen LogP contribution >= 0.6 is 0 Å². The summed E-state index contributed by atoms with van der Waals surface area (Å²) in [5.41, 5.74) is 0.547. The lowest BCUT2D eigenvalue weighted by Gasteiger charge is -2.44. The predicted molar refractivity (Wildman–Crippen MR) is 105 cm³/mol. The minimum absolute atomic E-state index is 0.0520. The van der Waals surface area contributed by atoms with Gasteiger partial charge in [0.25, 0.3) is 5.91 Å². The van der Waals surface area contributed by atoms with E-state index < -0.39 is 0 Å². The molecule has 0 aromatic carbocycles. The third-order valence-corrected chi connectivity index (χ3v) is 6.05. The number of hydrogen-bond donors (Lipinski definition) is 0. The maximum atomic E-state index is 13.2. The van der Waals surface area contributed by atoms with Gasteiger partial charge in [0.2, 0.25) is 5.91 Å². The zero-order chi connectivity index (χ0) is 19.4. The van der Waals surface area contributed by atoms with Gasteiger partial charge in [0.05, 0.1) is 6.33 Å². The van der Waals surface area contributed by atoms with Crippen LogP contribution in [0.15, 0.2) is 12.5 Å². The van der Waals surface area contributed by atoms with E-state index in [4.69, 9.17) is 0 Å². The molecule has 2 atom stereocenters. The number of hydrogen-bond acceptors (Lipinski definition) is 3. The first-order valence-electron chi connectivity index (χ1n) is 10.6. The van der Waals surface area contributed by atoms with Crippen molar-refractivity contribution in [2.75, 3.05) is 19.6 Å². The fourth-order valence-electron chi connectivity index (χ4n) is 4.50. The summed E-state index contributed by atoms with van der Waals surface area (Å²) in [5, 5.41) is 0. The topological polar surface area (TPSA) is 58.4 Å². The van der Waals surface area contributed by atoms with E-state index in [2.05, 4.69) is 30.7 Å². The standard InChI is InChI=1S/C21H34N4O2/c1-4-8-20(26)23-11-7-9-17(13-23)19-10-5-6-12-25(19)21(27)18-14-24(15-22-18)16(2)3/h14-17,19H,4-13H2,1-3H3. The number of imidazole rings is 1. The lowest BCUT2D eigenvalue weighted by atomic mass is 9.84. The molecule has 2 aliphatic heterocycles. The van der Waals surface area contributed by atoms with Crippen LogP contribution in [0, 0.1) is 5.92 Å². The molecule has 0 radical (unpaired) electrons. The average Bonchev–Trinajstić information content (AvgIpc) is 3.18. The Balaban J connectivity index is 1.72. The van der Waals surface area contributed by atoms with Gasteiger partial charge in [0, 0.05) is 44.3 Å². The molecule has 1 aromatic heterocycles. The first-order valence-corrected chi connectivity index (χ1v) is 10.6. The molecule has 2 saturated heterocycles. The van der Waals surface area contributed by atoms with Crippen molar-refractivity contribution in [2.24, 2.45) is 5.92 Å². The van der Waals surface area contributed by atoms with Crippen molar-refractivity contribution in [2.45, 2.75) is 77.8 Å². The van der Waals surface area contributed by atoms with E-state index in [1.807, 2.05) is 15.7 Å². The molecule has 3 rings (SSSR count). The van der Waals surface area contributed by atoms with Crippen LogP contribution in [-0.2, 0) is 4.79 Å². The maximum Gasteiger partial charge on any atom is 0.274 e. The number of nitrogens with zero attached hydrogens (tertiary/aromatic N) is 4. The number of carbonyl (C=O) groups is 2. The Labute approximate surface area is 162 Å². The first-order chi connectivity index (χ1) is 13.0. The van der Waals surface area contributed by atoms with Crippen molar-refractivity contribution in [3.05, 3.63) is 18.2 Å². The lowest BCUT2D eigenvalue weighted by molar-refractivity contribution is -0.133. The van der Waals surface area contributed by atoms with Gasteiger partial charge in [-0.3, -0.25) is 9.59 Å². The van der Waals surface area contributed by atoms with Crippen LogP contribution in [0.3, 0.4) is 0 Å². The molecule has 27 heavy (non-hydrogen) atoms. The zero-order valence-corrected chi connectivity index (χ0v) is 17.1. The number of carbonyl (C=O) groups excluding carboxylic acids is 2.